The average Bonchev–Trinajstić information content (AvgIpc) is 2.29. The Labute approximate surface area is 72.8 Å². The highest BCUT2D eigenvalue weighted by molar-refractivity contribution is 5.91. The molecule has 0 saturated heterocycles. The van der Waals surface area contributed by atoms with Gasteiger partial charge in [0.25, 0.3) is 0 Å². The lowest BCUT2D eigenvalue weighted by molar-refractivity contribution is -0.116. The molecule has 1 unspecified atom stereocenters. The van der Waals surface area contributed by atoms with Crippen LogP contribution in [0.2, 0.25) is 0 Å². The number of hydrogen-bond donors (Lipinski definition) is 1. The van der Waals surface area contributed by atoms with E-state index in [1.54, 1.807) is 7.11 Å². The predicted octanol–water partition coefficient (Wildman–Crippen LogP) is 1.06. The van der Waals surface area contributed by atoms with E-state index in [1.807, 2.05) is 0 Å². The zero-order valence-corrected chi connectivity index (χ0v) is 7.76. The van der Waals surface area contributed by atoms with Crippen LogP contribution in [0.1, 0.15) is 20.3 Å². The van der Waals surface area contributed by atoms with Crippen LogP contribution in [-0.4, -0.2) is 19.1 Å². The minimum absolute atomic E-state index is 0.0440. The first kappa shape index (κ1) is 9.10. The molecule has 1 atom stereocenters. The summed E-state index contributed by atoms with van der Waals surface area (Å²) in [6.07, 6.45) is 2.46. The van der Waals surface area contributed by atoms with Crippen molar-refractivity contribution in [3.63, 3.8) is 0 Å². The maximum Gasteiger partial charge on any atom is 0.248 e. The van der Waals surface area contributed by atoms with Crippen molar-refractivity contribution in [2.75, 3.05) is 7.11 Å². The molecule has 0 fully saturated rings. The first-order valence-corrected chi connectivity index (χ1v) is 4.19. The van der Waals surface area contributed by atoms with Crippen molar-refractivity contribution in [1.29, 1.82) is 0 Å². The van der Waals surface area contributed by atoms with E-state index in [-0.39, 0.29) is 11.9 Å². The molecule has 3 nitrogen and oxygen atoms in total. The molecule has 0 bridgehead atoms. The van der Waals surface area contributed by atoms with Crippen LogP contribution in [-0.2, 0) is 9.53 Å². The number of hydrogen-bond acceptors (Lipinski definition) is 2. The standard InChI is InChI=1S/C9H15NO2/c1-6(2)4-7-8(12-3)5-9(11)10-7/h5-7H,4H2,1-3H3,(H,10,11). The minimum atomic E-state index is -0.0440. The Bertz CT molecular complexity index is 209. The van der Waals surface area contributed by atoms with E-state index in [0.29, 0.717) is 5.92 Å². The van der Waals surface area contributed by atoms with Crippen molar-refractivity contribution in [2.45, 2.75) is 26.3 Å². The number of methoxy groups -OCH3 is 1. The Kier molecular flexibility index (Phi) is 2.74. The summed E-state index contributed by atoms with van der Waals surface area (Å²) < 4.78 is 5.07. The van der Waals surface area contributed by atoms with Gasteiger partial charge in [-0.1, -0.05) is 13.8 Å². The second-order valence-electron chi connectivity index (χ2n) is 3.44. The van der Waals surface area contributed by atoms with E-state index in [4.69, 9.17) is 4.74 Å². The smallest absolute Gasteiger partial charge is 0.248 e. The van der Waals surface area contributed by atoms with Gasteiger partial charge < -0.3 is 10.1 Å². The molecule has 0 aromatic carbocycles. The van der Waals surface area contributed by atoms with Crippen molar-refractivity contribution < 1.29 is 9.53 Å². The van der Waals surface area contributed by atoms with Gasteiger partial charge in [0.05, 0.1) is 13.2 Å². The predicted molar refractivity (Wildman–Crippen MR) is 46.5 cm³/mol. The van der Waals surface area contributed by atoms with Crippen LogP contribution in [0.15, 0.2) is 11.8 Å². The van der Waals surface area contributed by atoms with E-state index >= 15 is 0 Å². The van der Waals surface area contributed by atoms with Gasteiger partial charge in [0, 0.05) is 6.08 Å². The van der Waals surface area contributed by atoms with E-state index in [1.165, 1.54) is 6.08 Å². The van der Waals surface area contributed by atoms with Gasteiger partial charge in [-0.15, -0.1) is 0 Å². The number of ether oxygens (including phenoxy) is 1. The van der Waals surface area contributed by atoms with Crippen LogP contribution >= 0.6 is 0 Å². The molecule has 0 saturated carbocycles. The van der Waals surface area contributed by atoms with Crippen LogP contribution in [0.25, 0.3) is 0 Å². The van der Waals surface area contributed by atoms with Crippen LogP contribution in [0.4, 0.5) is 0 Å². The van der Waals surface area contributed by atoms with Gasteiger partial charge >= 0.3 is 0 Å². The molecule has 0 aromatic heterocycles. The van der Waals surface area contributed by atoms with E-state index in [0.717, 1.165) is 12.2 Å². The van der Waals surface area contributed by atoms with Crippen molar-refractivity contribution in [3.8, 4) is 0 Å². The maximum atomic E-state index is 10.9. The van der Waals surface area contributed by atoms with Crippen LogP contribution < -0.4 is 5.32 Å². The molecule has 0 spiro atoms. The van der Waals surface area contributed by atoms with Gasteiger partial charge in [0.15, 0.2) is 0 Å². The van der Waals surface area contributed by atoms with Gasteiger partial charge in [-0.3, -0.25) is 4.79 Å². The van der Waals surface area contributed by atoms with Crippen molar-refractivity contribution in [3.05, 3.63) is 11.8 Å². The molecule has 0 radical (unpaired) electrons. The minimum Gasteiger partial charge on any atom is -0.499 e. The molecule has 1 heterocycles. The first-order chi connectivity index (χ1) is 5.63. The van der Waals surface area contributed by atoms with Gasteiger partial charge in [-0.2, -0.15) is 0 Å². The van der Waals surface area contributed by atoms with Crippen molar-refractivity contribution >= 4 is 5.91 Å². The molecule has 1 N–H and O–H groups in total. The Morgan fingerprint density at radius 2 is 2.33 bits per heavy atom. The lowest BCUT2D eigenvalue weighted by atomic mass is 10.0. The zero-order valence-electron chi connectivity index (χ0n) is 7.76. The molecule has 3 heteroatoms. The Balaban J connectivity index is 2.56. The fourth-order valence-electron chi connectivity index (χ4n) is 1.36. The quantitative estimate of drug-likeness (QED) is 0.686. The molecule has 12 heavy (non-hydrogen) atoms. The lowest BCUT2D eigenvalue weighted by Crippen LogP contribution is -2.30. The number of carbonyl (C=O) groups is 1. The summed E-state index contributed by atoms with van der Waals surface area (Å²) in [5.74, 6) is 1.28. The highest BCUT2D eigenvalue weighted by atomic mass is 16.5. The second kappa shape index (κ2) is 3.61. The largest absolute Gasteiger partial charge is 0.499 e. The average molecular weight is 169 g/mol. The number of rotatable bonds is 3. The topological polar surface area (TPSA) is 38.3 Å². The first-order valence-electron chi connectivity index (χ1n) is 4.19. The molecule has 1 rings (SSSR count). The lowest BCUT2D eigenvalue weighted by Gasteiger charge is -2.15. The molecular weight excluding hydrogens is 154 g/mol. The van der Waals surface area contributed by atoms with E-state index < -0.39 is 0 Å². The highest BCUT2D eigenvalue weighted by Crippen LogP contribution is 2.17. The molecule has 0 aliphatic carbocycles. The summed E-state index contributed by atoms with van der Waals surface area (Å²) in [7, 11) is 1.60. The van der Waals surface area contributed by atoms with Crippen LogP contribution in [0.5, 0.6) is 0 Å². The highest BCUT2D eigenvalue weighted by Gasteiger charge is 2.24. The number of amides is 1. The SMILES string of the molecule is COC1=CC(=O)NC1CC(C)C. The summed E-state index contributed by atoms with van der Waals surface area (Å²) in [6.45, 7) is 4.25. The van der Waals surface area contributed by atoms with Crippen LogP contribution in [0, 0.1) is 5.92 Å². The fourth-order valence-corrected chi connectivity index (χ4v) is 1.36. The Hall–Kier alpha value is -0.990. The third-order valence-electron chi connectivity index (χ3n) is 1.88. The maximum absolute atomic E-state index is 10.9. The molecule has 1 amide bonds. The van der Waals surface area contributed by atoms with Gasteiger partial charge in [0.1, 0.15) is 5.76 Å². The summed E-state index contributed by atoms with van der Waals surface area (Å²) in [6, 6.07) is 0.0856. The van der Waals surface area contributed by atoms with Gasteiger partial charge in [-0.05, 0) is 12.3 Å². The number of nitrogens with one attached hydrogen (secondary N) is 1. The van der Waals surface area contributed by atoms with Gasteiger partial charge in [0.2, 0.25) is 5.91 Å². The van der Waals surface area contributed by atoms with Gasteiger partial charge in [-0.25, -0.2) is 0 Å². The summed E-state index contributed by atoms with van der Waals surface area (Å²) in [5, 5.41) is 2.83. The normalized spacial score (nSPS) is 22.5. The fraction of sp³-hybridized carbons (Fsp3) is 0.667. The molecular formula is C9H15NO2. The van der Waals surface area contributed by atoms with Crippen molar-refractivity contribution in [1.82, 2.24) is 5.32 Å². The van der Waals surface area contributed by atoms with Crippen LogP contribution in [0.3, 0.4) is 0 Å². The summed E-state index contributed by atoms with van der Waals surface area (Å²) >= 11 is 0. The monoisotopic (exact) mass is 169 g/mol. The summed E-state index contributed by atoms with van der Waals surface area (Å²) in [5.41, 5.74) is 0. The molecule has 1 aliphatic rings. The number of carbonyl (C=O) groups excluding carboxylic acids is 1. The van der Waals surface area contributed by atoms with E-state index in [9.17, 15) is 4.79 Å². The second-order valence-corrected chi connectivity index (χ2v) is 3.44. The van der Waals surface area contributed by atoms with Crippen molar-refractivity contribution in [2.24, 2.45) is 5.92 Å². The molecule has 68 valence electrons. The van der Waals surface area contributed by atoms with E-state index in [2.05, 4.69) is 19.2 Å². The molecule has 0 aromatic rings. The summed E-state index contributed by atoms with van der Waals surface area (Å²) in [4.78, 5) is 10.9. The Morgan fingerprint density at radius 3 is 2.83 bits per heavy atom. The Morgan fingerprint density at radius 1 is 1.67 bits per heavy atom. The third-order valence-corrected chi connectivity index (χ3v) is 1.88. The molecule has 1 aliphatic heterocycles. The third kappa shape index (κ3) is 2.00. The zero-order chi connectivity index (χ0) is 9.14.